The highest BCUT2D eigenvalue weighted by molar-refractivity contribution is 6.08. The first kappa shape index (κ1) is 19.9. The van der Waals surface area contributed by atoms with Crippen molar-refractivity contribution in [2.45, 2.75) is 0 Å². The van der Waals surface area contributed by atoms with Crippen LogP contribution in [0.4, 0.5) is 11.5 Å². The summed E-state index contributed by atoms with van der Waals surface area (Å²) in [7, 11) is 3.04. The van der Waals surface area contributed by atoms with Gasteiger partial charge in [0.25, 0.3) is 5.91 Å². The first-order valence-electron chi connectivity index (χ1n) is 9.23. The van der Waals surface area contributed by atoms with Gasteiger partial charge >= 0.3 is 0 Å². The predicted molar refractivity (Wildman–Crippen MR) is 107 cm³/mol. The molecular formula is C20H26N4O4. The molecule has 0 atom stereocenters. The maximum Gasteiger partial charge on any atom is 0.263 e. The minimum absolute atomic E-state index is 0.316. The lowest BCUT2D eigenvalue weighted by molar-refractivity contribution is 0.0398. The van der Waals surface area contributed by atoms with E-state index in [-0.39, 0.29) is 5.91 Å². The van der Waals surface area contributed by atoms with Crippen molar-refractivity contribution in [2.24, 2.45) is 0 Å². The molecule has 1 amide bonds. The molecule has 0 spiro atoms. The van der Waals surface area contributed by atoms with Gasteiger partial charge in [0.1, 0.15) is 22.9 Å². The number of hydrogen-bond donors (Lipinski definition) is 2. The number of aromatic nitrogens is 1. The van der Waals surface area contributed by atoms with Gasteiger partial charge in [-0.1, -0.05) is 6.07 Å². The summed E-state index contributed by atoms with van der Waals surface area (Å²) in [5, 5.41) is 6.13. The Morgan fingerprint density at radius 3 is 2.46 bits per heavy atom. The molecule has 0 aliphatic carbocycles. The summed E-state index contributed by atoms with van der Waals surface area (Å²) < 4.78 is 15.9. The summed E-state index contributed by atoms with van der Waals surface area (Å²) >= 11 is 0. The lowest BCUT2D eigenvalue weighted by Gasteiger charge is -2.26. The Hall–Kier alpha value is -2.84. The van der Waals surface area contributed by atoms with Crippen LogP contribution in [0, 0.1) is 0 Å². The van der Waals surface area contributed by atoms with Crippen molar-refractivity contribution in [1.82, 2.24) is 9.88 Å². The van der Waals surface area contributed by atoms with Gasteiger partial charge in [0, 0.05) is 26.2 Å². The van der Waals surface area contributed by atoms with E-state index in [4.69, 9.17) is 14.2 Å². The molecule has 1 aromatic carbocycles. The van der Waals surface area contributed by atoms with Crippen molar-refractivity contribution in [3.63, 3.8) is 0 Å². The van der Waals surface area contributed by atoms with Crippen LogP contribution in [0.3, 0.4) is 0 Å². The molecule has 0 unspecified atom stereocenters. The second kappa shape index (κ2) is 9.91. The van der Waals surface area contributed by atoms with Gasteiger partial charge in [-0.05, 0) is 24.3 Å². The molecule has 150 valence electrons. The minimum atomic E-state index is -0.316. The minimum Gasteiger partial charge on any atom is -0.496 e. The number of rotatable bonds is 8. The number of methoxy groups -OCH3 is 2. The van der Waals surface area contributed by atoms with Crippen LogP contribution in [0.2, 0.25) is 0 Å². The second-order valence-corrected chi connectivity index (χ2v) is 6.30. The van der Waals surface area contributed by atoms with Crippen LogP contribution < -0.4 is 20.1 Å². The number of carbonyl (C=O) groups is 1. The summed E-state index contributed by atoms with van der Waals surface area (Å²) in [4.78, 5) is 19.4. The van der Waals surface area contributed by atoms with E-state index in [2.05, 4.69) is 20.5 Å². The lowest BCUT2D eigenvalue weighted by atomic mass is 10.1. The van der Waals surface area contributed by atoms with Gasteiger partial charge in [0.2, 0.25) is 0 Å². The van der Waals surface area contributed by atoms with Gasteiger partial charge in [-0.3, -0.25) is 9.69 Å². The highest BCUT2D eigenvalue weighted by atomic mass is 16.5. The van der Waals surface area contributed by atoms with E-state index in [9.17, 15) is 4.79 Å². The third-order valence-electron chi connectivity index (χ3n) is 4.51. The molecule has 0 bridgehead atoms. The molecule has 8 nitrogen and oxygen atoms in total. The van der Waals surface area contributed by atoms with Crippen molar-refractivity contribution < 1.29 is 19.0 Å². The van der Waals surface area contributed by atoms with Crippen molar-refractivity contribution in [2.75, 3.05) is 64.2 Å². The molecule has 28 heavy (non-hydrogen) atoms. The van der Waals surface area contributed by atoms with Crippen molar-refractivity contribution >= 4 is 17.4 Å². The van der Waals surface area contributed by atoms with Gasteiger partial charge in [0.15, 0.2) is 0 Å². The maximum absolute atomic E-state index is 12.7. The van der Waals surface area contributed by atoms with Crippen LogP contribution in [0.25, 0.3) is 0 Å². The fourth-order valence-electron chi connectivity index (χ4n) is 3.01. The van der Waals surface area contributed by atoms with Crippen LogP contribution in [0.15, 0.2) is 36.5 Å². The molecule has 1 aromatic heterocycles. The molecule has 0 radical (unpaired) electrons. The average Bonchev–Trinajstić information content (AvgIpc) is 2.75. The monoisotopic (exact) mass is 386 g/mol. The highest BCUT2D eigenvalue weighted by Gasteiger charge is 2.18. The van der Waals surface area contributed by atoms with Crippen LogP contribution in [0.1, 0.15) is 10.4 Å². The molecule has 1 aliphatic heterocycles. The Morgan fingerprint density at radius 1 is 1.14 bits per heavy atom. The smallest absolute Gasteiger partial charge is 0.263 e. The van der Waals surface area contributed by atoms with Crippen LogP contribution >= 0.6 is 0 Å². The molecule has 2 aromatic rings. The van der Waals surface area contributed by atoms with E-state index in [0.29, 0.717) is 22.7 Å². The molecule has 3 rings (SSSR count). The van der Waals surface area contributed by atoms with Crippen LogP contribution in [-0.4, -0.2) is 69.4 Å². The number of carbonyl (C=O) groups excluding carboxylic acids is 1. The van der Waals surface area contributed by atoms with E-state index >= 15 is 0 Å². The average molecular weight is 386 g/mol. The zero-order valence-corrected chi connectivity index (χ0v) is 16.2. The number of anilines is 2. The number of amides is 1. The van der Waals surface area contributed by atoms with Gasteiger partial charge in [-0.15, -0.1) is 0 Å². The number of morpholine rings is 1. The summed E-state index contributed by atoms with van der Waals surface area (Å²) in [6, 6.07) is 8.86. The Balaban J connectivity index is 1.56. The molecule has 1 fully saturated rings. The largest absolute Gasteiger partial charge is 0.496 e. The van der Waals surface area contributed by atoms with E-state index < -0.39 is 0 Å². The van der Waals surface area contributed by atoms with E-state index in [1.807, 2.05) is 12.1 Å². The molecule has 2 N–H and O–H groups in total. The van der Waals surface area contributed by atoms with Gasteiger partial charge in [0.05, 0.1) is 39.3 Å². The zero-order valence-electron chi connectivity index (χ0n) is 16.2. The number of ether oxygens (including phenoxy) is 3. The standard InChI is InChI=1S/C20H26N4O4/c1-26-16-4-3-5-17(27-2)19(16)20(25)23-15-6-7-18(22-14-15)21-8-9-24-10-12-28-13-11-24/h3-7,14H,8-13H2,1-2H3,(H,21,22)(H,23,25). The SMILES string of the molecule is COc1cccc(OC)c1C(=O)Nc1ccc(NCCN2CCOCC2)nc1. The highest BCUT2D eigenvalue weighted by Crippen LogP contribution is 2.29. The number of pyridine rings is 1. The summed E-state index contributed by atoms with van der Waals surface area (Å²) in [5.41, 5.74) is 0.942. The topological polar surface area (TPSA) is 85.0 Å². The molecule has 2 heterocycles. The summed E-state index contributed by atoms with van der Waals surface area (Å²) in [6.07, 6.45) is 1.62. The molecule has 0 saturated carbocycles. The van der Waals surface area contributed by atoms with Gasteiger partial charge < -0.3 is 24.8 Å². The first-order chi connectivity index (χ1) is 13.7. The fraction of sp³-hybridized carbons (Fsp3) is 0.400. The molecule has 8 heteroatoms. The zero-order chi connectivity index (χ0) is 19.8. The molecular weight excluding hydrogens is 360 g/mol. The molecule has 1 aliphatic rings. The number of hydrogen-bond acceptors (Lipinski definition) is 7. The Labute approximate surface area is 164 Å². The van der Waals surface area contributed by atoms with Crippen LogP contribution in [0.5, 0.6) is 11.5 Å². The Kier molecular flexibility index (Phi) is 7.05. The number of nitrogens with zero attached hydrogens (tertiary/aromatic N) is 2. The Bertz CT molecular complexity index is 754. The van der Waals surface area contributed by atoms with Crippen molar-refractivity contribution in [3.05, 3.63) is 42.1 Å². The van der Waals surface area contributed by atoms with Gasteiger partial charge in [-0.25, -0.2) is 4.98 Å². The third kappa shape index (κ3) is 5.11. The number of benzene rings is 1. The lowest BCUT2D eigenvalue weighted by Crippen LogP contribution is -2.39. The van der Waals surface area contributed by atoms with E-state index in [0.717, 1.165) is 45.2 Å². The quantitative estimate of drug-likeness (QED) is 0.719. The van der Waals surface area contributed by atoms with E-state index in [1.165, 1.54) is 14.2 Å². The first-order valence-corrected chi connectivity index (χ1v) is 9.23. The Morgan fingerprint density at radius 2 is 1.86 bits per heavy atom. The maximum atomic E-state index is 12.7. The molecule has 1 saturated heterocycles. The second-order valence-electron chi connectivity index (χ2n) is 6.30. The number of nitrogens with one attached hydrogen (secondary N) is 2. The van der Waals surface area contributed by atoms with E-state index in [1.54, 1.807) is 24.4 Å². The predicted octanol–water partition coefficient (Wildman–Crippen LogP) is 2.10. The summed E-state index contributed by atoms with van der Waals surface area (Å²) in [5.74, 6) is 1.35. The van der Waals surface area contributed by atoms with Crippen LogP contribution in [-0.2, 0) is 4.74 Å². The van der Waals surface area contributed by atoms with Crippen molar-refractivity contribution in [3.8, 4) is 11.5 Å². The normalized spacial score (nSPS) is 14.4. The van der Waals surface area contributed by atoms with Gasteiger partial charge in [-0.2, -0.15) is 0 Å². The summed E-state index contributed by atoms with van der Waals surface area (Å²) in [6.45, 7) is 5.26. The third-order valence-corrected chi connectivity index (χ3v) is 4.51. The van der Waals surface area contributed by atoms with Crippen molar-refractivity contribution in [1.29, 1.82) is 0 Å². The fourth-order valence-corrected chi connectivity index (χ4v) is 3.01.